The van der Waals surface area contributed by atoms with Gasteiger partial charge in [0.1, 0.15) is 0 Å². The lowest BCUT2D eigenvalue weighted by Gasteiger charge is -2.36. The maximum Gasteiger partial charge on any atom is 0.164 e. The fraction of sp³-hybridized carbons (Fsp3) is 0.154. The van der Waals surface area contributed by atoms with Crippen LogP contribution in [0.2, 0.25) is 0 Å². The van der Waals surface area contributed by atoms with E-state index in [0.717, 1.165) is 16.7 Å². The molecule has 2 aliphatic rings. The highest BCUT2D eigenvalue weighted by Crippen LogP contribution is 2.56. The van der Waals surface area contributed by atoms with Crippen molar-refractivity contribution in [1.82, 2.24) is 15.0 Å². The summed E-state index contributed by atoms with van der Waals surface area (Å²) in [7, 11) is 0. The molecule has 3 heteroatoms. The van der Waals surface area contributed by atoms with Crippen LogP contribution in [0.25, 0.3) is 56.4 Å². The van der Waals surface area contributed by atoms with Gasteiger partial charge in [0, 0.05) is 22.1 Å². The van der Waals surface area contributed by atoms with E-state index in [1.807, 2.05) is 60.7 Å². The van der Waals surface area contributed by atoms with Crippen LogP contribution in [0.1, 0.15) is 43.2 Å². The number of fused-ring (bicyclic) bond motifs is 5. The van der Waals surface area contributed by atoms with Gasteiger partial charge in [0.15, 0.2) is 17.5 Å². The van der Waals surface area contributed by atoms with Crippen LogP contribution in [0.15, 0.2) is 127 Å². The number of rotatable bonds is 4. The first-order valence-corrected chi connectivity index (χ1v) is 15.0. The van der Waals surface area contributed by atoms with Crippen molar-refractivity contribution in [2.24, 2.45) is 0 Å². The molecule has 0 N–H and O–H groups in total. The standard InChI is InChI=1S/C39H31N3/c1-4-13-27(14-5-1)36-40-37(28-15-6-2-7-16-28)42-38(41-36)31-18-12-17-29(25-31)30-21-22-33-32-19-8-9-20-34(32)39(35(33)26-30)23-10-3-11-24-39/h1-2,4-9,12-22,25-26H,3,10-11,23-24H2. The number of hydrogen-bond donors (Lipinski definition) is 0. The second-order valence-corrected chi connectivity index (χ2v) is 11.6. The number of aromatic nitrogens is 3. The molecule has 2 aliphatic carbocycles. The van der Waals surface area contributed by atoms with Crippen LogP contribution in [0.3, 0.4) is 0 Å². The molecule has 1 saturated carbocycles. The molecule has 3 nitrogen and oxygen atoms in total. The average molecular weight is 542 g/mol. The maximum absolute atomic E-state index is 4.97. The Hall–Kier alpha value is -4.89. The van der Waals surface area contributed by atoms with Crippen molar-refractivity contribution in [3.8, 4) is 56.4 Å². The monoisotopic (exact) mass is 541 g/mol. The molecule has 1 heterocycles. The summed E-state index contributed by atoms with van der Waals surface area (Å²) in [6.45, 7) is 0. The van der Waals surface area contributed by atoms with E-state index in [-0.39, 0.29) is 5.41 Å². The van der Waals surface area contributed by atoms with E-state index in [2.05, 4.69) is 66.7 Å². The van der Waals surface area contributed by atoms with Gasteiger partial charge in [0.25, 0.3) is 0 Å². The predicted molar refractivity (Wildman–Crippen MR) is 171 cm³/mol. The Morgan fingerprint density at radius 2 is 0.905 bits per heavy atom. The molecule has 202 valence electrons. The summed E-state index contributed by atoms with van der Waals surface area (Å²) < 4.78 is 0. The summed E-state index contributed by atoms with van der Waals surface area (Å²) in [5.74, 6) is 2.04. The summed E-state index contributed by atoms with van der Waals surface area (Å²) in [5, 5.41) is 0. The Balaban J connectivity index is 1.24. The topological polar surface area (TPSA) is 38.7 Å². The molecule has 1 fully saturated rings. The first-order valence-electron chi connectivity index (χ1n) is 15.0. The normalized spacial score (nSPS) is 14.9. The predicted octanol–water partition coefficient (Wildman–Crippen LogP) is 9.77. The van der Waals surface area contributed by atoms with Gasteiger partial charge in [-0.05, 0) is 58.4 Å². The largest absolute Gasteiger partial charge is 0.208 e. The molecule has 0 atom stereocenters. The lowest BCUT2D eigenvalue weighted by molar-refractivity contribution is 0.353. The first-order chi connectivity index (χ1) is 20.8. The van der Waals surface area contributed by atoms with E-state index >= 15 is 0 Å². The smallest absolute Gasteiger partial charge is 0.164 e. The van der Waals surface area contributed by atoms with Gasteiger partial charge >= 0.3 is 0 Å². The summed E-state index contributed by atoms with van der Waals surface area (Å²) in [6, 6.07) is 45.2. The third-order valence-corrected chi connectivity index (χ3v) is 9.13. The molecule has 0 aliphatic heterocycles. The molecule has 6 aromatic rings. The summed E-state index contributed by atoms with van der Waals surface area (Å²) in [6.07, 6.45) is 6.38. The van der Waals surface area contributed by atoms with Crippen LogP contribution in [0.5, 0.6) is 0 Å². The lowest BCUT2D eigenvalue weighted by Crippen LogP contribution is -2.28. The van der Waals surface area contributed by atoms with E-state index in [9.17, 15) is 0 Å². The minimum atomic E-state index is 0.140. The second kappa shape index (κ2) is 10.2. The SMILES string of the molecule is c1ccc(-c2nc(-c3ccccc3)nc(-c3cccc(-c4ccc5c(c4)C4(CCCCC4)c4ccccc4-5)c3)n2)cc1. The molecule has 5 aromatic carbocycles. The van der Waals surface area contributed by atoms with Crippen LogP contribution in [-0.2, 0) is 5.41 Å². The Morgan fingerprint density at radius 3 is 1.60 bits per heavy atom. The molecule has 42 heavy (non-hydrogen) atoms. The van der Waals surface area contributed by atoms with Crippen molar-refractivity contribution in [1.29, 1.82) is 0 Å². The Labute approximate surface area is 247 Å². The maximum atomic E-state index is 4.97. The average Bonchev–Trinajstić information content (AvgIpc) is 3.34. The molecule has 0 amide bonds. The van der Waals surface area contributed by atoms with Gasteiger partial charge < -0.3 is 0 Å². The Kier molecular flexibility index (Phi) is 6.03. The minimum Gasteiger partial charge on any atom is -0.208 e. The highest BCUT2D eigenvalue weighted by atomic mass is 15.0. The summed E-state index contributed by atoms with van der Waals surface area (Å²) in [4.78, 5) is 14.8. The van der Waals surface area contributed by atoms with Crippen LogP contribution in [0, 0.1) is 0 Å². The molecule has 0 bridgehead atoms. The van der Waals surface area contributed by atoms with Gasteiger partial charge in [0.05, 0.1) is 0 Å². The Bertz CT molecular complexity index is 1850. The van der Waals surface area contributed by atoms with Crippen molar-refractivity contribution < 1.29 is 0 Å². The van der Waals surface area contributed by atoms with Crippen molar-refractivity contribution in [2.75, 3.05) is 0 Å². The zero-order valence-electron chi connectivity index (χ0n) is 23.5. The van der Waals surface area contributed by atoms with Gasteiger partial charge in [0.2, 0.25) is 0 Å². The molecular formula is C39H31N3. The van der Waals surface area contributed by atoms with Gasteiger partial charge in [-0.2, -0.15) is 0 Å². The third-order valence-electron chi connectivity index (χ3n) is 9.13. The number of hydrogen-bond acceptors (Lipinski definition) is 3. The van der Waals surface area contributed by atoms with E-state index < -0.39 is 0 Å². The van der Waals surface area contributed by atoms with Crippen LogP contribution in [-0.4, -0.2) is 15.0 Å². The van der Waals surface area contributed by atoms with E-state index in [0.29, 0.717) is 17.5 Å². The highest BCUT2D eigenvalue weighted by Gasteiger charge is 2.43. The van der Waals surface area contributed by atoms with Crippen molar-refractivity contribution >= 4 is 0 Å². The zero-order chi connectivity index (χ0) is 27.9. The molecule has 8 rings (SSSR count). The minimum absolute atomic E-state index is 0.140. The van der Waals surface area contributed by atoms with Crippen LogP contribution >= 0.6 is 0 Å². The quantitative estimate of drug-likeness (QED) is 0.223. The summed E-state index contributed by atoms with van der Waals surface area (Å²) >= 11 is 0. The Morgan fingerprint density at radius 1 is 0.381 bits per heavy atom. The second-order valence-electron chi connectivity index (χ2n) is 11.6. The molecule has 1 spiro atoms. The van der Waals surface area contributed by atoms with E-state index in [1.54, 1.807) is 0 Å². The third kappa shape index (κ3) is 4.16. The summed E-state index contributed by atoms with van der Waals surface area (Å²) in [5.41, 5.74) is 11.4. The lowest BCUT2D eigenvalue weighted by atomic mass is 9.67. The molecule has 0 unspecified atom stereocenters. The van der Waals surface area contributed by atoms with Gasteiger partial charge in [-0.1, -0.05) is 135 Å². The van der Waals surface area contributed by atoms with Gasteiger partial charge in [-0.3, -0.25) is 0 Å². The van der Waals surface area contributed by atoms with Gasteiger partial charge in [-0.15, -0.1) is 0 Å². The van der Waals surface area contributed by atoms with Crippen molar-refractivity contribution in [3.05, 3.63) is 139 Å². The molecule has 0 radical (unpaired) electrons. The fourth-order valence-electron chi connectivity index (χ4n) is 7.10. The van der Waals surface area contributed by atoms with Crippen molar-refractivity contribution in [3.63, 3.8) is 0 Å². The van der Waals surface area contributed by atoms with Crippen molar-refractivity contribution in [2.45, 2.75) is 37.5 Å². The molecular weight excluding hydrogens is 510 g/mol. The number of benzene rings is 5. The number of nitrogens with zero attached hydrogens (tertiary/aromatic N) is 3. The van der Waals surface area contributed by atoms with Gasteiger partial charge in [-0.25, -0.2) is 15.0 Å². The highest BCUT2D eigenvalue weighted by molar-refractivity contribution is 5.84. The zero-order valence-corrected chi connectivity index (χ0v) is 23.5. The van der Waals surface area contributed by atoms with E-state index in [4.69, 9.17) is 15.0 Å². The molecule has 1 aromatic heterocycles. The first kappa shape index (κ1) is 24.9. The fourth-order valence-corrected chi connectivity index (χ4v) is 7.10. The molecule has 0 saturated heterocycles. The van der Waals surface area contributed by atoms with E-state index in [1.165, 1.54) is 65.5 Å². The van der Waals surface area contributed by atoms with Crippen LogP contribution in [0.4, 0.5) is 0 Å². The van der Waals surface area contributed by atoms with Crippen LogP contribution < -0.4 is 0 Å².